The summed E-state index contributed by atoms with van der Waals surface area (Å²) < 4.78 is 16.2. The zero-order valence-corrected chi connectivity index (χ0v) is 17.9. The van der Waals surface area contributed by atoms with Crippen molar-refractivity contribution in [1.82, 2.24) is 4.90 Å². The van der Waals surface area contributed by atoms with E-state index in [0.717, 1.165) is 11.1 Å². The molecular formula is C26H23NO5. The standard InChI is InChI=1S/C26H23NO5/c1-18-24(26(29)30-2)23(25(28)27(18)16-22-12-7-13-31-22)15-20-10-6-11-21(14-20)32-17-19-8-4-3-5-9-19/h3-15H,16-17H2,1-2H3/b23-15-. The number of carbonyl (C=O) groups is 2. The molecule has 1 amide bonds. The summed E-state index contributed by atoms with van der Waals surface area (Å²) in [5.41, 5.74) is 2.86. The first-order valence-electron chi connectivity index (χ1n) is 10.2. The van der Waals surface area contributed by atoms with Gasteiger partial charge in [-0.25, -0.2) is 4.79 Å². The molecule has 0 fully saturated rings. The summed E-state index contributed by atoms with van der Waals surface area (Å²) in [6.45, 7) is 2.40. The molecule has 1 aliphatic heterocycles. The maximum Gasteiger partial charge on any atom is 0.340 e. The Balaban J connectivity index is 1.61. The highest BCUT2D eigenvalue weighted by Crippen LogP contribution is 2.33. The first-order chi connectivity index (χ1) is 15.6. The molecule has 2 aromatic carbocycles. The summed E-state index contributed by atoms with van der Waals surface area (Å²) in [5, 5.41) is 0. The van der Waals surface area contributed by atoms with Gasteiger partial charge in [0.1, 0.15) is 18.1 Å². The number of esters is 1. The number of amides is 1. The number of hydrogen-bond acceptors (Lipinski definition) is 5. The highest BCUT2D eigenvalue weighted by molar-refractivity contribution is 6.16. The Morgan fingerprint density at radius 1 is 1.06 bits per heavy atom. The summed E-state index contributed by atoms with van der Waals surface area (Å²) in [7, 11) is 1.30. The molecule has 4 rings (SSSR count). The number of hydrogen-bond donors (Lipinski definition) is 0. The van der Waals surface area contributed by atoms with Crippen molar-refractivity contribution in [2.45, 2.75) is 20.1 Å². The first kappa shape index (κ1) is 21.2. The Labute approximate surface area is 186 Å². The molecule has 1 aliphatic rings. The Bertz CT molecular complexity index is 1180. The molecule has 0 atom stereocenters. The summed E-state index contributed by atoms with van der Waals surface area (Å²) >= 11 is 0. The van der Waals surface area contributed by atoms with Gasteiger partial charge in [-0.1, -0.05) is 42.5 Å². The van der Waals surface area contributed by atoms with Crippen LogP contribution in [0.1, 0.15) is 23.8 Å². The minimum atomic E-state index is -0.555. The predicted molar refractivity (Wildman–Crippen MR) is 119 cm³/mol. The van der Waals surface area contributed by atoms with Crippen molar-refractivity contribution in [3.8, 4) is 5.75 Å². The monoisotopic (exact) mass is 429 g/mol. The molecule has 0 saturated heterocycles. The van der Waals surface area contributed by atoms with Gasteiger partial charge in [0.2, 0.25) is 0 Å². The molecule has 0 unspecified atom stereocenters. The second-order valence-corrected chi connectivity index (χ2v) is 7.33. The zero-order valence-electron chi connectivity index (χ0n) is 17.9. The molecule has 6 heteroatoms. The number of ether oxygens (including phenoxy) is 2. The minimum Gasteiger partial charge on any atom is -0.489 e. The Kier molecular flexibility index (Phi) is 6.22. The van der Waals surface area contributed by atoms with E-state index in [4.69, 9.17) is 13.9 Å². The third-order valence-corrected chi connectivity index (χ3v) is 5.21. The summed E-state index contributed by atoms with van der Waals surface area (Å²) in [6.07, 6.45) is 3.24. The Morgan fingerprint density at radius 3 is 2.59 bits per heavy atom. The molecule has 6 nitrogen and oxygen atoms in total. The fourth-order valence-corrected chi connectivity index (χ4v) is 3.58. The average Bonchev–Trinajstić information content (AvgIpc) is 3.41. The molecule has 0 aliphatic carbocycles. The third-order valence-electron chi connectivity index (χ3n) is 5.21. The molecule has 0 bridgehead atoms. The van der Waals surface area contributed by atoms with Gasteiger partial charge in [0, 0.05) is 5.70 Å². The van der Waals surface area contributed by atoms with E-state index < -0.39 is 5.97 Å². The molecule has 162 valence electrons. The molecule has 2 heterocycles. The number of rotatable bonds is 7. The second-order valence-electron chi connectivity index (χ2n) is 7.33. The van der Waals surface area contributed by atoms with E-state index in [1.165, 1.54) is 12.0 Å². The highest BCUT2D eigenvalue weighted by atomic mass is 16.5. The van der Waals surface area contributed by atoms with Gasteiger partial charge >= 0.3 is 5.97 Å². The Morgan fingerprint density at radius 2 is 1.88 bits per heavy atom. The summed E-state index contributed by atoms with van der Waals surface area (Å²) in [6, 6.07) is 20.8. The number of benzene rings is 2. The molecule has 0 spiro atoms. The van der Waals surface area contributed by atoms with Crippen LogP contribution in [-0.4, -0.2) is 23.9 Å². The normalized spacial score (nSPS) is 14.9. The Hall–Kier alpha value is -4.06. The van der Waals surface area contributed by atoms with E-state index in [9.17, 15) is 9.59 Å². The van der Waals surface area contributed by atoms with Crippen LogP contribution in [0.15, 0.2) is 94.3 Å². The van der Waals surface area contributed by atoms with E-state index >= 15 is 0 Å². The van der Waals surface area contributed by atoms with Gasteiger partial charge in [-0.15, -0.1) is 0 Å². The van der Waals surface area contributed by atoms with Gasteiger partial charge in [-0.3, -0.25) is 4.79 Å². The number of allylic oxidation sites excluding steroid dienone is 1. The van der Waals surface area contributed by atoms with Crippen molar-refractivity contribution < 1.29 is 23.5 Å². The van der Waals surface area contributed by atoms with Gasteiger partial charge in [0.15, 0.2) is 0 Å². The first-order valence-corrected chi connectivity index (χ1v) is 10.2. The molecule has 32 heavy (non-hydrogen) atoms. The molecule has 0 saturated carbocycles. The van der Waals surface area contributed by atoms with Crippen LogP contribution in [0.25, 0.3) is 6.08 Å². The van der Waals surface area contributed by atoms with Crippen LogP contribution >= 0.6 is 0 Å². The average molecular weight is 429 g/mol. The fourth-order valence-electron chi connectivity index (χ4n) is 3.58. The van der Waals surface area contributed by atoms with Crippen LogP contribution in [0.2, 0.25) is 0 Å². The van der Waals surface area contributed by atoms with Crippen LogP contribution in [0.3, 0.4) is 0 Å². The number of nitrogens with zero attached hydrogens (tertiary/aromatic N) is 1. The van der Waals surface area contributed by atoms with Gasteiger partial charge < -0.3 is 18.8 Å². The molecule has 0 radical (unpaired) electrons. The number of carbonyl (C=O) groups excluding carboxylic acids is 2. The van der Waals surface area contributed by atoms with Crippen molar-refractivity contribution in [1.29, 1.82) is 0 Å². The summed E-state index contributed by atoms with van der Waals surface area (Å²) in [4.78, 5) is 27.2. The van der Waals surface area contributed by atoms with Gasteiger partial charge in [0.05, 0.1) is 31.1 Å². The van der Waals surface area contributed by atoms with Gasteiger partial charge in [-0.2, -0.15) is 0 Å². The van der Waals surface area contributed by atoms with Crippen LogP contribution in [0, 0.1) is 0 Å². The number of methoxy groups -OCH3 is 1. The van der Waals surface area contributed by atoms with E-state index in [0.29, 0.717) is 23.8 Å². The van der Waals surface area contributed by atoms with Crippen molar-refractivity contribution in [3.05, 3.63) is 107 Å². The molecule has 3 aromatic rings. The van der Waals surface area contributed by atoms with Gasteiger partial charge in [-0.05, 0) is 48.4 Å². The van der Waals surface area contributed by atoms with Gasteiger partial charge in [0.25, 0.3) is 5.91 Å². The van der Waals surface area contributed by atoms with Crippen LogP contribution in [-0.2, 0) is 27.5 Å². The van der Waals surface area contributed by atoms with E-state index in [1.807, 2.05) is 54.6 Å². The van der Waals surface area contributed by atoms with Crippen LogP contribution in [0.5, 0.6) is 5.75 Å². The SMILES string of the molecule is COC(=O)C1=C(C)N(Cc2ccco2)C(=O)/C1=C\c1cccc(OCc2ccccc2)c1. The largest absolute Gasteiger partial charge is 0.489 e. The lowest BCUT2D eigenvalue weighted by Gasteiger charge is -2.16. The van der Waals surface area contributed by atoms with Crippen molar-refractivity contribution in [2.75, 3.05) is 7.11 Å². The maximum absolute atomic E-state index is 13.2. The van der Waals surface area contributed by atoms with Crippen molar-refractivity contribution in [2.24, 2.45) is 0 Å². The molecule has 1 aromatic heterocycles. The lowest BCUT2D eigenvalue weighted by Crippen LogP contribution is -2.24. The fraction of sp³-hybridized carbons (Fsp3) is 0.154. The minimum absolute atomic E-state index is 0.232. The molecule has 0 N–H and O–H groups in total. The highest BCUT2D eigenvalue weighted by Gasteiger charge is 2.37. The maximum atomic E-state index is 13.2. The zero-order chi connectivity index (χ0) is 22.5. The third kappa shape index (κ3) is 4.49. The second kappa shape index (κ2) is 9.39. The van der Waals surface area contributed by atoms with E-state index in [2.05, 4.69) is 0 Å². The smallest absolute Gasteiger partial charge is 0.340 e. The van der Waals surface area contributed by atoms with E-state index in [1.54, 1.807) is 31.4 Å². The van der Waals surface area contributed by atoms with Crippen LogP contribution in [0.4, 0.5) is 0 Å². The quantitative estimate of drug-likeness (QED) is 0.401. The lowest BCUT2D eigenvalue weighted by atomic mass is 10.0. The molecular weight excluding hydrogens is 406 g/mol. The van der Waals surface area contributed by atoms with Crippen molar-refractivity contribution >= 4 is 18.0 Å². The van der Waals surface area contributed by atoms with E-state index in [-0.39, 0.29) is 23.6 Å². The topological polar surface area (TPSA) is 69.0 Å². The number of furan rings is 1. The summed E-state index contributed by atoms with van der Waals surface area (Å²) in [5.74, 6) is 0.455. The van der Waals surface area contributed by atoms with Crippen LogP contribution < -0.4 is 4.74 Å². The predicted octanol–water partition coefficient (Wildman–Crippen LogP) is 4.73. The van der Waals surface area contributed by atoms with Crippen molar-refractivity contribution in [3.63, 3.8) is 0 Å². The lowest BCUT2D eigenvalue weighted by molar-refractivity contribution is -0.136.